The molecule has 1 fully saturated rings. The van der Waals surface area contributed by atoms with Crippen LogP contribution in [0.2, 0.25) is 5.02 Å². The van der Waals surface area contributed by atoms with Crippen LogP contribution >= 0.6 is 11.6 Å². The van der Waals surface area contributed by atoms with Gasteiger partial charge in [-0.2, -0.15) is 0 Å². The summed E-state index contributed by atoms with van der Waals surface area (Å²) in [5.41, 5.74) is 0.0850. The maximum absolute atomic E-state index is 12.0. The number of benzene rings is 1. The van der Waals surface area contributed by atoms with Crippen molar-refractivity contribution in [3.8, 4) is 5.75 Å². The zero-order valence-corrected chi connectivity index (χ0v) is 11.9. The third-order valence-electron chi connectivity index (χ3n) is 3.18. The van der Waals surface area contributed by atoms with Gasteiger partial charge >= 0.3 is 5.97 Å². The Bertz CT molecular complexity index is 528. The molecule has 0 aliphatic heterocycles. The van der Waals surface area contributed by atoms with Gasteiger partial charge in [-0.05, 0) is 38.0 Å². The Morgan fingerprint density at radius 2 is 2.15 bits per heavy atom. The molecule has 5 nitrogen and oxygen atoms in total. The topological polar surface area (TPSA) is 66.8 Å². The fourth-order valence-corrected chi connectivity index (χ4v) is 2.23. The molecular weight excluding hydrogens is 282 g/mol. The fourth-order valence-electron chi connectivity index (χ4n) is 2.00. The quantitative estimate of drug-likeness (QED) is 0.875. The summed E-state index contributed by atoms with van der Waals surface area (Å²) < 4.78 is 5.38. The van der Waals surface area contributed by atoms with Crippen LogP contribution in [0.15, 0.2) is 18.2 Å². The van der Waals surface area contributed by atoms with Gasteiger partial charge in [0.25, 0.3) is 5.91 Å². The van der Waals surface area contributed by atoms with E-state index < -0.39 is 5.97 Å². The number of rotatable bonds is 6. The molecule has 2 rings (SSSR count). The molecule has 0 bridgehead atoms. The van der Waals surface area contributed by atoms with Gasteiger partial charge in [0.15, 0.2) is 6.61 Å². The SMILES string of the molecule is CCN(C(=O)COc1ccc(C(=O)O)cc1Cl)C1CC1. The van der Waals surface area contributed by atoms with Crippen molar-refractivity contribution in [1.29, 1.82) is 0 Å². The molecule has 0 atom stereocenters. The summed E-state index contributed by atoms with van der Waals surface area (Å²) in [5.74, 6) is -0.814. The highest BCUT2D eigenvalue weighted by molar-refractivity contribution is 6.32. The molecule has 1 aromatic rings. The van der Waals surface area contributed by atoms with Crippen molar-refractivity contribution in [2.24, 2.45) is 0 Å². The highest BCUT2D eigenvalue weighted by Gasteiger charge is 2.31. The maximum atomic E-state index is 12.0. The Labute approximate surface area is 122 Å². The molecule has 1 aliphatic rings. The smallest absolute Gasteiger partial charge is 0.335 e. The van der Waals surface area contributed by atoms with Gasteiger partial charge in [0.1, 0.15) is 5.75 Å². The van der Waals surface area contributed by atoms with Crippen molar-refractivity contribution in [2.45, 2.75) is 25.8 Å². The number of carbonyl (C=O) groups excluding carboxylic acids is 1. The van der Waals surface area contributed by atoms with Gasteiger partial charge in [-0.15, -0.1) is 0 Å². The van der Waals surface area contributed by atoms with Crippen molar-refractivity contribution in [1.82, 2.24) is 4.90 Å². The molecule has 0 saturated heterocycles. The number of carboxylic acid groups (broad SMARTS) is 1. The number of ether oxygens (including phenoxy) is 1. The third-order valence-corrected chi connectivity index (χ3v) is 3.47. The van der Waals surface area contributed by atoms with E-state index in [4.69, 9.17) is 21.4 Å². The van der Waals surface area contributed by atoms with E-state index in [9.17, 15) is 9.59 Å². The number of likely N-dealkylation sites (N-methyl/N-ethyl adjacent to an activating group) is 1. The normalized spacial score (nSPS) is 13.9. The van der Waals surface area contributed by atoms with Crippen molar-refractivity contribution in [3.63, 3.8) is 0 Å². The molecule has 1 amide bonds. The second kappa shape index (κ2) is 6.13. The molecule has 6 heteroatoms. The van der Waals surface area contributed by atoms with E-state index in [1.807, 2.05) is 6.92 Å². The number of nitrogens with zero attached hydrogens (tertiary/aromatic N) is 1. The molecule has 20 heavy (non-hydrogen) atoms. The summed E-state index contributed by atoms with van der Waals surface area (Å²) in [5, 5.41) is 9.02. The van der Waals surface area contributed by atoms with E-state index in [0.717, 1.165) is 12.8 Å². The molecule has 0 spiro atoms. The van der Waals surface area contributed by atoms with E-state index in [1.165, 1.54) is 18.2 Å². The highest BCUT2D eigenvalue weighted by Crippen LogP contribution is 2.28. The Balaban J connectivity index is 1.96. The van der Waals surface area contributed by atoms with E-state index in [1.54, 1.807) is 4.90 Å². The lowest BCUT2D eigenvalue weighted by Crippen LogP contribution is -2.36. The summed E-state index contributed by atoms with van der Waals surface area (Å²) in [4.78, 5) is 24.6. The summed E-state index contributed by atoms with van der Waals surface area (Å²) in [6.07, 6.45) is 2.10. The molecule has 1 N–H and O–H groups in total. The number of carbonyl (C=O) groups is 2. The van der Waals surface area contributed by atoms with Gasteiger partial charge in [-0.25, -0.2) is 4.79 Å². The predicted molar refractivity (Wildman–Crippen MR) is 74.3 cm³/mol. The number of amides is 1. The third kappa shape index (κ3) is 3.42. The number of hydrogen-bond acceptors (Lipinski definition) is 3. The Hall–Kier alpha value is -1.75. The molecule has 1 saturated carbocycles. The lowest BCUT2D eigenvalue weighted by Gasteiger charge is -2.20. The Morgan fingerprint density at radius 3 is 2.65 bits per heavy atom. The van der Waals surface area contributed by atoms with Crippen LogP contribution in [-0.4, -0.2) is 41.1 Å². The van der Waals surface area contributed by atoms with Crippen LogP contribution in [-0.2, 0) is 4.79 Å². The number of halogens is 1. The monoisotopic (exact) mass is 297 g/mol. The van der Waals surface area contributed by atoms with Crippen molar-refractivity contribution in [2.75, 3.05) is 13.2 Å². The summed E-state index contributed by atoms with van der Waals surface area (Å²) in [6.45, 7) is 2.51. The molecule has 108 valence electrons. The van der Waals surface area contributed by atoms with E-state index in [2.05, 4.69) is 0 Å². The Kier molecular flexibility index (Phi) is 4.49. The summed E-state index contributed by atoms with van der Waals surface area (Å²) >= 11 is 5.93. The van der Waals surface area contributed by atoms with Crippen LogP contribution in [0.25, 0.3) is 0 Å². The van der Waals surface area contributed by atoms with Crippen LogP contribution in [0.3, 0.4) is 0 Å². The first kappa shape index (κ1) is 14.7. The second-order valence-electron chi connectivity index (χ2n) is 4.65. The van der Waals surface area contributed by atoms with Crippen LogP contribution in [0.5, 0.6) is 5.75 Å². The van der Waals surface area contributed by atoms with Crippen LogP contribution in [0.1, 0.15) is 30.1 Å². The van der Waals surface area contributed by atoms with E-state index in [0.29, 0.717) is 18.3 Å². The van der Waals surface area contributed by atoms with E-state index >= 15 is 0 Å². The first-order valence-corrected chi connectivity index (χ1v) is 6.85. The number of hydrogen-bond donors (Lipinski definition) is 1. The van der Waals surface area contributed by atoms with Crippen LogP contribution in [0, 0.1) is 0 Å². The van der Waals surface area contributed by atoms with Gasteiger partial charge in [0.05, 0.1) is 10.6 Å². The van der Waals surface area contributed by atoms with Crippen LogP contribution in [0.4, 0.5) is 0 Å². The molecular formula is C14H16ClNO4. The van der Waals surface area contributed by atoms with Gasteiger partial charge in [-0.1, -0.05) is 11.6 Å². The minimum Gasteiger partial charge on any atom is -0.482 e. The van der Waals surface area contributed by atoms with Gasteiger partial charge in [0.2, 0.25) is 0 Å². The van der Waals surface area contributed by atoms with Crippen molar-refractivity contribution >= 4 is 23.5 Å². The summed E-state index contributed by atoms with van der Waals surface area (Å²) in [6, 6.07) is 4.52. The largest absolute Gasteiger partial charge is 0.482 e. The average Bonchev–Trinajstić information content (AvgIpc) is 3.22. The molecule has 0 radical (unpaired) electrons. The lowest BCUT2D eigenvalue weighted by atomic mass is 10.2. The van der Waals surface area contributed by atoms with Gasteiger partial charge in [-0.3, -0.25) is 4.79 Å². The molecule has 1 aromatic carbocycles. The van der Waals surface area contributed by atoms with E-state index in [-0.39, 0.29) is 23.1 Å². The van der Waals surface area contributed by atoms with Crippen molar-refractivity contribution < 1.29 is 19.4 Å². The van der Waals surface area contributed by atoms with Crippen molar-refractivity contribution in [3.05, 3.63) is 28.8 Å². The molecule has 1 aliphatic carbocycles. The van der Waals surface area contributed by atoms with Gasteiger partial charge in [0, 0.05) is 12.6 Å². The van der Waals surface area contributed by atoms with Gasteiger partial charge < -0.3 is 14.7 Å². The second-order valence-corrected chi connectivity index (χ2v) is 5.06. The zero-order chi connectivity index (χ0) is 14.7. The number of aromatic carboxylic acids is 1. The molecule has 0 unspecified atom stereocenters. The first-order chi connectivity index (χ1) is 9.52. The lowest BCUT2D eigenvalue weighted by molar-refractivity contribution is -0.133. The fraction of sp³-hybridized carbons (Fsp3) is 0.429. The molecule has 0 heterocycles. The highest BCUT2D eigenvalue weighted by atomic mass is 35.5. The minimum atomic E-state index is -1.06. The zero-order valence-electron chi connectivity index (χ0n) is 11.1. The first-order valence-electron chi connectivity index (χ1n) is 6.48. The number of carboxylic acids is 1. The summed E-state index contributed by atoms with van der Waals surface area (Å²) in [7, 11) is 0. The maximum Gasteiger partial charge on any atom is 0.335 e. The standard InChI is InChI=1S/C14H16ClNO4/c1-2-16(10-4-5-10)13(17)8-20-12-6-3-9(14(18)19)7-11(12)15/h3,6-7,10H,2,4-5,8H2,1H3,(H,18,19). The average molecular weight is 298 g/mol. The van der Waals surface area contributed by atoms with Crippen LogP contribution < -0.4 is 4.74 Å². The Morgan fingerprint density at radius 1 is 1.45 bits per heavy atom. The minimum absolute atomic E-state index is 0.0756. The predicted octanol–water partition coefficient (Wildman–Crippen LogP) is 2.43. The molecule has 0 aromatic heterocycles.